The van der Waals surface area contributed by atoms with Crippen LogP contribution in [-0.4, -0.2) is 17.9 Å². The Hall–Kier alpha value is -1.73. The van der Waals surface area contributed by atoms with Gasteiger partial charge >= 0.3 is 12.0 Å². The van der Waals surface area contributed by atoms with E-state index in [1.807, 2.05) is 4.94 Å². The Morgan fingerprint density at radius 2 is 1.61 bits per heavy atom. The molecule has 0 saturated carbocycles. The Balaban J connectivity index is 5.97. The largest absolute Gasteiger partial charge is 0.541 e. The molecule has 0 fully saturated rings. The van der Waals surface area contributed by atoms with Crippen molar-refractivity contribution in [3.8, 4) is 0 Å². The van der Waals surface area contributed by atoms with Gasteiger partial charge in [0.2, 0.25) is 5.76 Å². The van der Waals surface area contributed by atoms with Crippen LogP contribution in [0.1, 0.15) is 0 Å². The highest BCUT2D eigenvalue weighted by molar-refractivity contribution is 5.83. The first kappa shape index (κ1) is 16.3. The number of nitrogens with two attached hydrogens (primary N) is 1. The standard InChI is InChI=1S/C5H3F6NO6/c6-4(17-10,5(7,8)18-11)2(15-9)1(16-12)3(13)14/h12H2,(H,13,14)/p-1/b2-1+. The minimum Gasteiger partial charge on any atom is -0.541 e. The summed E-state index contributed by atoms with van der Waals surface area (Å²) in [5.41, 5.74) is 0. The third kappa shape index (κ3) is 2.57. The van der Waals surface area contributed by atoms with Crippen molar-refractivity contribution in [1.82, 2.24) is 0 Å². The average molecular weight is 286 g/mol. The molecule has 1 unspecified atom stereocenters. The molecule has 0 heterocycles. The van der Waals surface area contributed by atoms with E-state index in [-0.39, 0.29) is 0 Å². The zero-order valence-electron chi connectivity index (χ0n) is 7.79. The fraction of sp³-hybridized carbons (Fsp3) is 0.400. The lowest BCUT2D eigenvalue weighted by molar-refractivity contribution is -0.477. The van der Waals surface area contributed by atoms with Gasteiger partial charge in [-0.15, -0.1) is 9.88 Å². The van der Waals surface area contributed by atoms with Crippen LogP contribution in [0.2, 0.25) is 0 Å². The summed E-state index contributed by atoms with van der Waals surface area (Å²) in [7, 11) is 0. The Kier molecular flexibility index (Phi) is 5.19. The van der Waals surface area contributed by atoms with Gasteiger partial charge in [-0.25, -0.2) is 0 Å². The van der Waals surface area contributed by atoms with Gasteiger partial charge in [-0.05, 0) is 9.05 Å². The number of carboxylic acid groups (broad SMARTS) is 1. The van der Waals surface area contributed by atoms with Crippen LogP contribution in [0.5, 0.6) is 0 Å². The van der Waals surface area contributed by atoms with E-state index >= 15 is 0 Å². The van der Waals surface area contributed by atoms with Gasteiger partial charge in [0.05, 0.1) is 0 Å². The predicted octanol–water partition coefficient (Wildman–Crippen LogP) is -0.200. The highest BCUT2D eigenvalue weighted by Gasteiger charge is 2.67. The lowest BCUT2D eigenvalue weighted by Gasteiger charge is -2.25. The first-order chi connectivity index (χ1) is 8.21. The smallest absolute Gasteiger partial charge is 0.455 e. The van der Waals surface area contributed by atoms with Gasteiger partial charge in [0.15, 0.2) is 0 Å². The van der Waals surface area contributed by atoms with E-state index in [2.05, 4.69) is 15.7 Å². The van der Waals surface area contributed by atoms with E-state index in [0.29, 0.717) is 0 Å². The average Bonchev–Trinajstić information content (AvgIpc) is 2.33. The number of aliphatic carboxylic acids is 1. The fourth-order valence-electron chi connectivity index (χ4n) is 0.687. The number of rotatable bonds is 7. The molecular formula is C5H2F6NO6-. The summed E-state index contributed by atoms with van der Waals surface area (Å²) in [5, 5.41) is 10.2. The molecule has 7 nitrogen and oxygen atoms in total. The molecule has 0 rings (SSSR count). The summed E-state index contributed by atoms with van der Waals surface area (Å²) >= 11 is 0. The number of hydrogen-bond acceptors (Lipinski definition) is 7. The molecule has 0 aromatic carbocycles. The van der Waals surface area contributed by atoms with E-state index in [1.165, 1.54) is 0 Å². The van der Waals surface area contributed by atoms with Crippen LogP contribution in [-0.2, 0) is 24.5 Å². The fourth-order valence-corrected chi connectivity index (χ4v) is 0.687. The lowest BCUT2D eigenvalue weighted by Crippen LogP contribution is -2.49. The molecule has 0 amide bonds. The normalized spacial score (nSPS) is 16.6. The maximum absolute atomic E-state index is 13.2. The molecule has 0 spiro atoms. The summed E-state index contributed by atoms with van der Waals surface area (Å²) in [6, 6.07) is 0. The first-order valence-corrected chi connectivity index (χ1v) is 3.49. The molecule has 0 radical (unpaired) electrons. The highest BCUT2D eigenvalue weighted by Crippen LogP contribution is 2.42. The monoisotopic (exact) mass is 286 g/mol. The van der Waals surface area contributed by atoms with Crippen molar-refractivity contribution in [3.63, 3.8) is 0 Å². The van der Waals surface area contributed by atoms with Crippen molar-refractivity contribution in [2.75, 3.05) is 0 Å². The molecule has 13 heteroatoms. The number of alkyl halides is 3. The Morgan fingerprint density at radius 1 is 1.11 bits per heavy atom. The second-order valence-electron chi connectivity index (χ2n) is 2.41. The summed E-state index contributed by atoms with van der Waals surface area (Å²) in [6.45, 7) is 0. The number of halogens is 6. The van der Waals surface area contributed by atoms with Gasteiger partial charge in [-0.3, -0.25) is 4.94 Å². The number of carbonyl (C=O) groups is 1. The second kappa shape index (κ2) is 5.74. The summed E-state index contributed by atoms with van der Waals surface area (Å²) in [4.78, 5) is 19.3. The third-order valence-corrected chi connectivity index (χ3v) is 1.46. The molecule has 0 aliphatic heterocycles. The Morgan fingerprint density at radius 3 is 1.83 bits per heavy atom. The van der Waals surface area contributed by atoms with Crippen molar-refractivity contribution in [3.05, 3.63) is 11.5 Å². The van der Waals surface area contributed by atoms with Gasteiger partial charge in [0.1, 0.15) is 5.97 Å². The molecule has 0 aromatic rings. The van der Waals surface area contributed by atoms with Gasteiger partial charge < -0.3 is 14.7 Å². The van der Waals surface area contributed by atoms with E-state index in [4.69, 9.17) is 0 Å². The minimum atomic E-state index is -5.84. The molecule has 106 valence electrons. The van der Waals surface area contributed by atoms with Crippen molar-refractivity contribution < 1.29 is 56.3 Å². The van der Waals surface area contributed by atoms with Crippen LogP contribution in [0.3, 0.4) is 0 Å². The zero-order valence-corrected chi connectivity index (χ0v) is 7.79. The number of hydrogen-bond donors (Lipinski definition) is 1. The van der Waals surface area contributed by atoms with Crippen molar-refractivity contribution in [2.45, 2.75) is 12.0 Å². The van der Waals surface area contributed by atoms with E-state index in [9.17, 15) is 36.7 Å². The Labute approximate surface area is 92.9 Å². The molecule has 0 bridgehead atoms. The van der Waals surface area contributed by atoms with Crippen LogP contribution >= 0.6 is 0 Å². The quantitative estimate of drug-likeness (QED) is 0.299. The second-order valence-corrected chi connectivity index (χ2v) is 2.41. The summed E-state index contributed by atoms with van der Waals surface area (Å²) in [6.07, 6.45) is -5.84. The molecule has 0 aliphatic rings. The predicted molar refractivity (Wildman–Crippen MR) is 32.7 cm³/mol. The SMILES string of the molecule is NO/C(C(=O)[O-])=C(/OF)C(F)(OF)C(F)(F)OF. The number of carbonyl (C=O) groups excluding carboxylic acids is 1. The van der Waals surface area contributed by atoms with Crippen LogP contribution < -0.4 is 11.0 Å². The van der Waals surface area contributed by atoms with E-state index < -0.39 is 29.5 Å². The van der Waals surface area contributed by atoms with E-state index in [1.54, 1.807) is 4.94 Å². The van der Waals surface area contributed by atoms with Gasteiger partial charge in [-0.2, -0.15) is 19.1 Å². The van der Waals surface area contributed by atoms with Crippen molar-refractivity contribution in [2.24, 2.45) is 5.90 Å². The number of carboxylic acids is 1. The zero-order chi connectivity index (χ0) is 14.6. The molecule has 0 aliphatic carbocycles. The van der Waals surface area contributed by atoms with Gasteiger partial charge in [0.25, 0.3) is 5.76 Å². The molecule has 0 aromatic heterocycles. The molecule has 2 N–H and O–H groups in total. The van der Waals surface area contributed by atoms with Crippen LogP contribution in [0.4, 0.5) is 26.7 Å². The maximum Gasteiger partial charge on any atom is 0.455 e. The third-order valence-electron chi connectivity index (χ3n) is 1.46. The Bertz CT molecular complexity index is 349. The van der Waals surface area contributed by atoms with Crippen molar-refractivity contribution >= 4 is 5.97 Å². The summed E-state index contributed by atoms with van der Waals surface area (Å²) in [5.74, 6) is -9.16. The molecule has 0 saturated heterocycles. The van der Waals surface area contributed by atoms with E-state index in [0.717, 1.165) is 0 Å². The first-order valence-electron chi connectivity index (χ1n) is 3.49. The molecular weight excluding hydrogens is 284 g/mol. The molecule has 1 atom stereocenters. The van der Waals surface area contributed by atoms with Crippen LogP contribution in [0, 0.1) is 0 Å². The highest BCUT2D eigenvalue weighted by atomic mass is 19.4. The summed E-state index contributed by atoms with van der Waals surface area (Å²) < 4.78 is 73.0. The van der Waals surface area contributed by atoms with Gasteiger partial charge in [0, 0.05) is 4.53 Å². The molecule has 18 heavy (non-hydrogen) atoms. The van der Waals surface area contributed by atoms with Crippen LogP contribution in [0.25, 0.3) is 0 Å². The van der Waals surface area contributed by atoms with Gasteiger partial charge in [-0.1, -0.05) is 0 Å². The topological polar surface area (TPSA) is 103 Å². The van der Waals surface area contributed by atoms with Crippen molar-refractivity contribution in [1.29, 1.82) is 0 Å². The lowest BCUT2D eigenvalue weighted by atomic mass is 10.2. The van der Waals surface area contributed by atoms with Crippen LogP contribution in [0.15, 0.2) is 11.5 Å². The minimum absolute atomic E-state index is 1.69. The maximum atomic E-state index is 13.2.